The number of rotatable bonds is 8. The molecule has 1 aliphatic rings. The number of nitrogens with zero attached hydrogens (tertiary/aromatic N) is 1. The topological polar surface area (TPSA) is 55.1 Å². The summed E-state index contributed by atoms with van der Waals surface area (Å²) in [5.74, 6) is 0.734. The summed E-state index contributed by atoms with van der Waals surface area (Å²) >= 11 is 0. The number of aliphatic hydroxyl groups excluding tert-OH is 1. The summed E-state index contributed by atoms with van der Waals surface area (Å²) in [6.07, 6.45) is 7.05. The van der Waals surface area contributed by atoms with Gasteiger partial charge in [0.15, 0.2) is 0 Å². The Balaban J connectivity index is 1.49. The molecule has 0 unspecified atom stereocenters. The number of likely N-dealkylation sites (N-methyl/N-ethyl adjacent to an activating group) is 1. The smallest absolute Gasteiger partial charge is 0.124 e. The van der Waals surface area contributed by atoms with Gasteiger partial charge in [0.1, 0.15) is 5.75 Å². The number of hydrogen-bond donors (Lipinski definition) is 1. The number of hydrogen-bond acceptors (Lipinski definition) is 5. The molecule has 2 atom stereocenters. The zero-order valence-electron chi connectivity index (χ0n) is 15.0. The molecular formula is C20H27NO4. The van der Waals surface area contributed by atoms with E-state index < -0.39 is 0 Å². The highest BCUT2D eigenvalue weighted by Crippen LogP contribution is 2.26. The molecule has 1 fully saturated rings. The average Bonchev–Trinajstić information content (AvgIpc) is 3.27. The van der Waals surface area contributed by atoms with Crippen molar-refractivity contribution in [3.05, 3.63) is 53.5 Å². The minimum Gasteiger partial charge on any atom is -0.496 e. The lowest BCUT2D eigenvalue weighted by Crippen LogP contribution is -2.29. The van der Waals surface area contributed by atoms with Gasteiger partial charge in [0.2, 0.25) is 0 Å². The van der Waals surface area contributed by atoms with E-state index in [1.807, 2.05) is 18.2 Å². The Hall–Kier alpha value is -1.82. The van der Waals surface area contributed by atoms with Crippen LogP contribution in [0.1, 0.15) is 29.5 Å². The molecule has 3 rings (SSSR count). The van der Waals surface area contributed by atoms with Crippen molar-refractivity contribution in [2.24, 2.45) is 0 Å². The van der Waals surface area contributed by atoms with Crippen LogP contribution in [0.3, 0.4) is 0 Å². The van der Waals surface area contributed by atoms with Crippen LogP contribution in [0.25, 0.3) is 0 Å². The highest BCUT2D eigenvalue weighted by Gasteiger charge is 2.26. The lowest BCUT2D eigenvalue weighted by atomic mass is 10.0. The third-order valence-electron chi connectivity index (χ3n) is 4.72. The van der Waals surface area contributed by atoms with Crippen LogP contribution >= 0.6 is 0 Å². The molecule has 5 nitrogen and oxygen atoms in total. The van der Waals surface area contributed by atoms with E-state index in [1.54, 1.807) is 19.6 Å². The van der Waals surface area contributed by atoms with Crippen LogP contribution in [-0.2, 0) is 24.3 Å². The Labute approximate surface area is 149 Å². The van der Waals surface area contributed by atoms with Crippen LogP contribution in [0.4, 0.5) is 0 Å². The predicted octanol–water partition coefficient (Wildman–Crippen LogP) is 3.00. The van der Waals surface area contributed by atoms with Crippen LogP contribution < -0.4 is 4.74 Å². The van der Waals surface area contributed by atoms with Crippen LogP contribution in [0.5, 0.6) is 5.75 Å². The van der Waals surface area contributed by atoms with E-state index in [0.717, 1.165) is 43.7 Å². The third-order valence-corrected chi connectivity index (χ3v) is 4.72. The highest BCUT2D eigenvalue weighted by molar-refractivity contribution is 5.37. The zero-order chi connectivity index (χ0) is 17.6. The number of aliphatic hydroxyl groups is 1. The molecule has 0 radical (unpaired) electrons. The average molecular weight is 345 g/mol. The van der Waals surface area contributed by atoms with Crippen molar-refractivity contribution in [2.45, 2.75) is 44.6 Å². The Kier molecular flexibility index (Phi) is 6.13. The first-order valence-electron chi connectivity index (χ1n) is 8.79. The van der Waals surface area contributed by atoms with E-state index in [9.17, 15) is 5.11 Å². The fraction of sp³-hybridized carbons (Fsp3) is 0.500. The van der Waals surface area contributed by atoms with Crippen LogP contribution in [0, 0.1) is 0 Å². The van der Waals surface area contributed by atoms with Crippen LogP contribution in [0.2, 0.25) is 0 Å². The first kappa shape index (κ1) is 18.0. The van der Waals surface area contributed by atoms with Crippen molar-refractivity contribution in [1.29, 1.82) is 0 Å². The maximum atomic E-state index is 9.46. The minimum absolute atomic E-state index is 0.00995. The van der Waals surface area contributed by atoms with Gasteiger partial charge in [-0.05, 0) is 50.1 Å². The van der Waals surface area contributed by atoms with Crippen molar-refractivity contribution >= 4 is 0 Å². The molecule has 0 aliphatic carbocycles. The molecular weight excluding hydrogens is 318 g/mol. The second kappa shape index (κ2) is 8.52. The van der Waals surface area contributed by atoms with Crippen molar-refractivity contribution in [3.8, 4) is 5.75 Å². The predicted molar refractivity (Wildman–Crippen MR) is 95.6 cm³/mol. The summed E-state index contributed by atoms with van der Waals surface area (Å²) in [6.45, 7) is 1.79. The number of furan rings is 1. The maximum Gasteiger partial charge on any atom is 0.124 e. The second-order valence-electron chi connectivity index (χ2n) is 6.79. The summed E-state index contributed by atoms with van der Waals surface area (Å²) in [7, 11) is 3.74. The molecule has 136 valence electrons. The van der Waals surface area contributed by atoms with E-state index >= 15 is 0 Å². The summed E-state index contributed by atoms with van der Waals surface area (Å²) in [5, 5.41) is 9.46. The minimum atomic E-state index is -0.00995. The van der Waals surface area contributed by atoms with Gasteiger partial charge >= 0.3 is 0 Å². The number of benzene rings is 1. The summed E-state index contributed by atoms with van der Waals surface area (Å²) in [5.41, 5.74) is 3.20. The molecule has 0 bridgehead atoms. The van der Waals surface area contributed by atoms with Gasteiger partial charge in [0, 0.05) is 24.2 Å². The van der Waals surface area contributed by atoms with Gasteiger partial charge < -0.3 is 19.0 Å². The Bertz CT molecular complexity index is 656. The van der Waals surface area contributed by atoms with E-state index in [2.05, 4.69) is 18.0 Å². The van der Waals surface area contributed by atoms with Gasteiger partial charge in [0.05, 0.1) is 38.5 Å². The lowest BCUT2D eigenvalue weighted by molar-refractivity contribution is 0.0266. The molecule has 2 aromatic rings. The van der Waals surface area contributed by atoms with Crippen molar-refractivity contribution in [3.63, 3.8) is 0 Å². The summed E-state index contributed by atoms with van der Waals surface area (Å²) in [6, 6.07) is 7.99. The van der Waals surface area contributed by atoms with E-state index in [4.69, 9.17) is 13.9 Å². The molecule has 1 N–H and O–H groups in total. The second-order valence-corrected chi connectivity index (χ2v) is 6.79. The first-order valence-corrected chi connectivity index (χ1v) is 8.79. The SMILES string of the molecule is COc1ccc(C[C@@H]2CC[C@H](CN(C)Cc3ccoc3)O2)cc1CO. The summed E-state index contributed by atoms with van der Waals surface area (Å²) < 4.78 is 16.6. The molecule has 5 heteroatoms. The van der Waals surface area contributed by atoms with Gasteiger partial charge in [-0.2, -0.15) is 0 Å². The molecule has 2 heterocycles. The normalized spacial score (nSPS) is 20.3. The molecule has 25 heavy (non-hydrogen) atoms. The Morgan fingerprint density at radius 3 is 2.76 bits per heavy atom. The monoisotopic (exact) mass is 345 g/mol. The largest absolute Gasteiger partial charge is 0.496 e. The molecule has 1 aromatic heterocycles. The van der Waals surface area contributed by atoms with E-state index in [-0.39, 0.29) is 18.8 Å². The van der Waals surface area contributed by atoms with Gasteiger partial charge in [-0.1, -0.05) is 6.07 Å². The fourth-order valence-electron chi connectivity index (χ4n) is 3.52. The molecule has 1 aromatic carbocycles. The van der Waals surface area contributed by atoms with Crippen LogP contribution in [0.15, 0.2) is 41.2 Å². The zero-order valence-corrected chi connectivity index (χ0v) is 15.0. The van der Waals surface area contributed by atoms with Crippen molar-refractivity contribution in [1.82, 2.24) is 4.90 Å². The number of ether oxygens (including phenoxy) is 2. The van der Waals surface area contributed by atoms with Gasteiger partial charge in [-0.25, -0.2) is 0 Å². The quantitative estimate of drug-likeness (QED) is 0.797. The first-order chi connectivity index (χ1) is 12.2. The third kappa shape index (κ3) is 4.84. The lowest BCUT2D eigenvalue weighted by Gasteiger charge is -2.21. The maximum absolute atomic E-state index is 9.46. The standard InChI is InChI=1S/C20H27NO4/c1-21(11-16-7-8-24-14-16)12-19-5-4-18(25-19)10-15-3-6-20(23-2)17(9-15)13-22/h3,6-9,14,18-19,22H,4-5,10-13H2,1-2H3/t18-,19+/m0/s1. The van der Waals surface area contributed by atoms with E-state index in [0.29, 0.717) is 0 Å². The van der Waals surface area contributed by atoms with Gasteiger partial charge in [0.25, 0.3) is 0 Å². The molecule has 0 amide bonds. The molecule has 1 aliphatic heterocycles. The number of methoxy groups -OCH3 is 1. The van der Waals surface area contributed by atoms with Crippen molar-refractivity contribution in [2.75, 3.05) is 20.7 Å². The Morgan fingerprint density at radius 2 is 2.04 bits per heavy atom. The van der Waals surface area contributed by atoms with Crippen molar-refractivity contribution < 1.29 is 19.0 Å². The highest BCUT2D eigenvalue weighted by atomic mass is 16.5. The van der Waals surface area contributed by atoms with E-state index in [1.165, 1.54) is 11.1 Å². The van der Waals surface area contributed by atoms with Gasteiger partial charge in [-0.3, -0.25) is 4.90 Å². The molecule has 0 saturated carbocycles. The summed E-state index contributed by atoms with van der Waals surface area (Å²) in [4.78, 5) is 2.27. The molecule has 1 saturated heterocycles. The van der Waals surface area contributed by atoms with Crippen LogP contribution in [-0.4, -0.2) is 42.9 Å². The fourth-order valence-corrected chi connectivity index (χ4v) is 3.52. The van der Waals surface area contributed by atoms with Gasteiger partial charge in [-0.15, -0.1) is 0 Å². The Morgan fingerprint density at radius 1 is 1.20 bits per heavy atom. The molecule has 0 spiro atoms.